The average molecular weight is 234 g/mol. The van der Waals surface area contributed by atoms with E-state index in [1.54, 1.807) is 6.33 Å². The van der Waals surface area contributed by atoms with E-state index >= 15 is 0 Å². The molecule has 17 heavy (non-hydrogen) atoms. The van der Waals surface area contributed by atoms with Crippen LogP contribution < -0.4 is 5.32 Å². The molecule has 0 amide bonds. The fourth-order valence-electron chi connectivity index (χ4n) is 3.30. The molecular formula is C13H22N4. The molecule has 2 aliphatic heterocycles. The number of H-pyrrole nitrogens is 1. The summed E-state index contributed by atoms with van der Waals surface area (Å²) in [7, 11) is 0. The zero-order valence-corrected chi connectivity index (χ0v) is 10.4. The van der Waals surface area contributed by atoms with Crippen LogP contribution in [-0.2, 0) is 6.42 Å². The van der Waals surface area contributed by atoms with Crippen molar-refractivity contribution in [3.05, 3.63) is 18.2 Å². The molecule has 1 aromatic heterocycles. The minimum absolute atomic E-state index is 0.721. The van der Waals surface area contributed by atoms with Crippen molar-refractivity contribution in [2.75, 3.05) is 19.6 Å². The number of aromatic nitrogens is 2. The van der Waals surface area contributed by atoms with Crippen molar-refractivity contribution >= 4 is 0 Å². The SMILES string of the molecule is c1ncc(CCNC2CCN3CCCCC23)[nH]1. The summed E-state index contributed by atoms with van der Waals surface area (Å²) in [4.78, 5) is 9.88. The summed E-state index contributed by atoms with van der Waals surface area (Å²) in [5.41, 5.74) is 1.23. The Morgan fingerprint density at radius 2 is 2.35 bits per heavy atom. The molecule has 0 saturated carbocycles. The van der Waals surface area contributed by atoms with Crippen LogP contribution in [0.4, 0.5) is 0 Å². The van der Waals surface area contributed by atoms with Gasteiger partial charge in [-0.25, -0.2) is 4.98 Å². The first kappa shape index (κ1) is 11.2. The van der Waals surface area contributed by atoms with Crippen molar-refractivity contribution in [1.82, 2.24) is 20.2 Å². The molecule has 2 saturated heterocycles. The van der Waals surface area contributed by atoms with Gasteiger partial charge in [-0.05, 0) is 25.8 Å². The molecule has 0 aromatic carbocycles. The number of nitrogens with one attached hydrogen (secondary N) is 2. The minimum atomic E-state index is 0.721. The van der Waals surface area contributed by atoms with E-state index in [-0.39, 0.29) is 0 Å². The van der Waals surface area contributed by atoms with Crippen molar-refractivity contribution in [3.8, 4) is 0 Å². The van der Waals surface area contributed by atoms with Crippen LogP contribution in [0.25, 0.3) is 0 Å². The third kappa shape index (κ3) is 2.53. The van der Waals surface area contributed by atoms with Gasteiger partial charge in [0.1, 0.15) is 0 Å². The minimum Gasteiger partial charge on any atom is -0.348 e. The smallest absolute Gasteiger partial charge is 0.0921 e. The second kappa shape index (κ2) is 5.19. The highest BCUT2D eigenvalue weighted by Crippen LogP contribution is 2.26. The molecule has 0 radical (unpaired) electrons. The summed E-state index contributed by atoms with van der Waals surface area (Å²) in [5.74, 6) is 0. The zero-order chi connectivity index (χ0) is 11.5. The molecule has 0 aliphatic carbocycles. The highest BCUT2D eigenvalue weighted by molar-refractivity contribution is 4.97. The number of hydrogen-bond donors (Lipinski definition) is 2. The van der Waals surface area contributed by atoms with Crippen LogP contribution in [0.2, 0.25) is 0 Å². The fourth-order valence-corrected chi connectivity index (χ4v) is 3.30. The third-order valence-corrected chi connectivity index (χ3v) is 4.21. The first-order chi connectivity index (χ1) is 8.43. The van der Waals surface area contributed by atoms with Crippen LogP contribution in [-0.4, -0.2) is 46.6 Å². The highest BCUT2D eigenvalue weighted by Gasteiger charge is 2.34. The number of aromatic amines is 1. The van der Waals surface area contributed by atoms with Gasteiger partial charge < -0.3 is 10.3 Å². The number of hydrogen-bond acceptors (Lipinski definition) is 3. The lowest BCUT2D eigenvalue weighted by atomic mass is 9.99. The fraction of sp³-hybridized carbons (Fsp3) is 0.769. The van der Waals surface area contributed by atoms with Gasteiger partial charge in [0.25, 0.3) is 0 Å². The average Bonchev–Trinajstić information content (AvgIpc) is 2.99. The second-order valence-corrected chi connectivity index (χ2v) is 5.28. The molecule has 0 spiro atoms. The maximum atomic E-state index is 4.05. The van der Waals surface area contributed by atoms with Crippen molar-refractivity contribution in [1.29, 1.82) is 0 Å². The summed E-state index contributed by atoms with van der Waals surface area (Å²) in [6.07, 6.45) is 10.3. The molecule has 2 aliphatic rings. The Bertz CT molecular complexity index is 335. The van der Waals surface area contributed by atoms with Crippen molar-refractivity contribution in [2.45, 2.75) is 44.2 Å². The topological polar surface area (TPSA) is 44.0 Å². The van der Waals surface area contributed by atoms with E-state index in [4.69, 9.17) is 0 Å². The van der Waals surface area contributed by atoms with Gasteiger partial charge in [-0.3, -0.25) is 4.90 Å². The van der Waals surface area contributed by atoms with E-state index in [1.807, 2.05) is 6.20 Å². The summed E-state index contributed by atoms with van der Waals surface area (Å²) < 4.78 is 0. The molecule has 94 valence electrons. The van der Waals surface area contributed by atoms with Crippen LogP contribution in [0.5, 0.6) is 0 Å². The largest absolute Gasteiger partial charge is 0.348 e. The highest BCUT2D eigenvalue weighted by atomic mass is 15.2. The molecule has 2 unspecified atom stereocenters. The number of nitrogens with zero attached hydrogens (tertiary/aromatic N) is 2. The Hall–Kier alpha value is -0.870. The number of rotatable bonds is 4. The Kier molecular flexibility index (Phi) is 3.43. The lowest BCUT2D eigenvalue weighted by molar-refractivity contribution is 0.181. The first-order valence-electron chi connectivity index (χ1n) is 6.88. The normalized spacial score (nSPS) is 29.4. The van der Waals surface area contributed by atoms with Crippen LogP contribution in [0.3, 0.4) is 0 Å². The van der Waals surface area contributed by atoms with Gasteiger partial charge in [-0.1, -0.05) is 6.42 Å². The molecule has 2 atom stereocenters. The molecule has 4 nitrogen and oxygen atoms in total. The first-order valence-corrected chi connectivity index (χ1v) is 6.88. The predicted molar refractivity (Wildman–Crippen MR) is 67.9 cm³/mol. The molecule has 4 heteroatoms. The zero-order valence-electron chi connectivity index (χ0n) is 10.4. The summed E-state index contributed by atoms with van der Waals surface area (Å²) in [6, 6.07) is 1.53. The lowest BCUT2D eigenvalue weighted by Crippen LogP contribution is -2.45. The Morgan fingerprint density at radius 1 is 1.35 bits per heavy atom. The lowest BCUT2D eigenvalue weighted by Gasteiger charge is -2.32. The molecule has 1 aromatic rings. The maximum absolute atomic E-state index is 4.05. The van der Waals surface area contributed by atoms with Gasteiger partial charge in [0.05, 0.1) is 6.33 Å². The standard InChI is InChI=1S/C13H22N4/c1-2-7-17-8-5-12(13(17)3-1)15-6-4-11-9-14-10-16-11/h9-10,12-13,15H,1-8H2,(H,14,16). The van der Waals surface area contributed by atoms with E-state index in [9.17, 15) is 0 Å². The number of piperidine rings is 1. The number of fused-ring (bicyclic) bond motifs is 1. The second-order valence-electron chi connectivity index (χ2n) is 5.28. The molecule has 2 N–H and O–H groups in total. The quantitative estimate of drug-likeness (QED) is 0.822. The van der Waals surface area contributed by atoms with Gasteiger partial charge in [-0.15, -0.1) is 0 Å². The van der Waals surface area contributed by atoms with E-state index in [1.165, 1.54) is 44.5 Å². The Balaban J connectivity index is 1.46. The van der Waals surface area contributed by atoms with Gasteiger partial charge in [0.2, 0.25) is 0 Å². The van der Waals surface area contributed by atoms with Crippen molar-refractivity contribution < 1.29 is 0 Å². The van der Waals surface area contributed by atoms with E-state index < -0.39 is 0 Å². The summed E-state index contributed by atoms with van der Waals surface area (Å²) in [6.45, 7) is 3.69. The van der Waals surface area contributed by atoms with Crippen molar-refractivity contribution in [2.24, 2.45) is 0 Å². The molecule has 3 heterocycles. The van der Waals surface area contributed by atoms with Gasteiger partial charge in [0, 0.05) is 43.5 Å². The van der Waals surface area contributed by atoms with Crippen LogP contribution in [0, 0.1) is 0 Å². The van der Waals surface area contributed by atoms with E-state index in [0.717, 1.165) is 25.0 Å². The monoisotopic (exact) mass is 234 g/mol. The van der Waals surface area contributed by atoms with Crippen LogP contribution in [0.1, 0.15) is 31.4 Å². The van der Waals surface area contributed by atoms with Gasteiger partial charge in [-0.2, -0.15) is 0 Å². The molecular weight excluding hydrogens is 212 g/mol. The molecule has 3 rings (SSSR count). The Labute approximate surface area is 103 Å². The molecule has 0 bridgehead atoms. The third-order valence-electron chi connectivity index (χ3n) is 4.21. The predicted octanol–water partition coefficient (Wildman–Crippen LogP) is 1.17. The van der Waals surface area contributed by atoms with Gasteiger partial charge >= 0.3 is 0 Å². The number of imidazole rings is 1. The van der Waals surface area contributed by atoms with Crippen molar-refractivity contribution in [3.63, 3.8) is 0 Å². The van der Waals surface area contributed by atoms with E-state index in [2.05, 4.69) is 20.2 Å². The van der Waals surface area contributed by atoms with Crippen LogP contribution >= 0.6 is 0 Å². The summed E-state index contributed by atoms with van der Waals surface area (Å²) in [5, 5.41) is 3.73. The van der Waals surface area contributed by atoms with Crippen LogP contribution in [0.15, 0.2) is 12.5 Å². The van der Waals surface area contributed by atoms with E-state index in [0.29, 0.717) is 0 Å². The molecule has 2 fully saturated rings. The Morgan fingerprint density at radius 3 is 3.24 bits per heavy atom. The summed E-state index contributed by atoms with van der Waals surface area (Å²) >= 11 is 0. The maximum Gasteiger partial charge on any atom is 0.0921 e. The van der Waals surface area contributed by atoms with Gasteiger partial charge in [0.15, 0.2) is 0 Å².